The first-order valence-corrected chi connectivity index (χ1v) is 12.0. The van der Waals surface area contributed by atoms with Crippen molar-refractivity contribution in [3.05, 3.63) is 48.0 Å². The number of carbonyl (C=O) groups excluding carboxylic acids is 3. The molecule has 188 valence electrons. The van der Waals surface area contributed by atoms with Crippen LogP contribution in [0.1, 0.15) is 23.7 Å². The number of likely N-dealkylation sites (tertiary alicyclic amines) is 1. The number of hydrogen-bond acceptors (Lipinski definition) is 9. The van der Waals surface area contributed by atoms with Crippen LogP contribution in [0.3, 0.4) is 0 Å². The Balaban J connectivity index is 0.000000191. The van der Waals surface area contributed by atoms with Crippen LogP contribution in [0.5, 0.6) is 11.5 Å². The van der Waals surface area contributed by atoms with Crippen LogP contribution >= 0.6 is 11.8 Å². The third-order valence-corrected chi connectivity index (χ3v) is 6.70. The largest absolute Gasteiger partial charge is 0.471 e. The zero-order valence-corrected chi connectivity index (χ0v) is 20.8. The van der Waals surface area contributed by atoms with E-state index in [0.717, 1.165) is 47.5 Å². The van der Waals surface area contributed by atoms with Crippen molar-refractivity contribution in [2.45, 2.75) is 35.0 Å². The Labute approximate surface area is 209 Å². The second-order valence-electron chi connectivity index (χ2n) is 8.10. The first-order valence-electron chi connectivity index (χ1n) is 11.2. The number of ether oxygens (including phenoxy) is 4. The van der Waals surface area contributed by atoms with Crippen molar-refractivity contribution in [3.63, 3.8) is 0 Å². The summed E-state index contributed by atoms with van der Waals surface area (Å²) in [7, 11) is 3.43. The van der Waals surface area contributed by atoms with Crippen molar-refractivity contribution in [3.8, 4) is 11.5 Å². The molecule has 0 aromatic heterocycles. The zero-order chi connectivity index (χ0) is 25.3. The van der Waals surface area contributed by atoms with E-state index in [1.165, 1.54) is 7.11 Å². The maximum absolute atomic E-state index is 11.8. The molecular weight excluding hydrogens is 472 g/mol. The Kier molecular flexibility index (Phi) is 9.67. The predicted molar refractivity (Wildman–Crippen MR) is 130 cm³/mol. The number of nitrogens with zero attached hydrogens (tertiary/aromatic N) is 1. The van der Waals surface area contributed by atoms with Gasteiger partial charge in [-0.15, -0.1) is 0 Å². The van der Waals surface area contributed by atoms with Crippen LogP contribution in [-0.2, 0) is 23.8 Å². The van der Waals surface area contributed by atoms with Crippen LogP contribution in [0.4, 0.5) is 0 Å². The highest BCUT2D eigenvalue weighted by Crippen LogP contribution is 2.46. The number of rotatable bonds is 4. The summed E-state index contributed by atoms with van der Waals surface area (Å²) >= 11 is 1.56. The smallest absolute Gasteiger partial charge is 0.292 e. The van der Waals surface area contributed by atoms with Crippen LogP contribution in [0.2, 0.25) is 0 Å². The quantitative estimate of drug-likeness (QED) is 0.539. The molecule has 5 rings (SSSR count). The topological polar surface area (TPSA) is 103 Å². The number of methoxy groups -OCH3 is 1. The molecule has 9 nitrogen and oxygen atoms in total. The molecule has 2 saturated heterocycles. The lowest BCUT2D eigenvalue weighted by atomic mass is 10.2. The number of aldehydes is 1. The third-order valence-electron chi connectivity index (χ3n) is 5.60. The molecule has 3 heterocycles. The summed E-state index contributed by atoms with van der Waals surface area (Å²) in [6, 6.07) is 13.6. The van der Waals surface area contributed by atoms with Crippen LogP contribution in [-0.4, -0.2) is 75.9 Å². The third kappa shape index (κ3) is 7.04. The highest BCUT2D eigenvalue weighted by Gasteiger charge is 2.45. The van der Waals surface area contributed by atoms with Gasteiger partial charge in [-0.1, -0.05) is 23.9 Å². The number of benzene rings is 2. The van der Waals surface area contributed by atoms with Gasteiger partial charge in [0.1, 0.15) is 17.8 Å². The molecule has 1 unspecified atom stereocenters. The fourth-order valence-electron chi connectivity index (χ4n) is 3.82. The van der Waals surface area contributed by atoms with Gasteiger partial charge in [0.05, 0.1) is 43.2 Å². The molecule has 0 saturated carbocycles. The minimum Gasteiger partial charge on any atom is -0.471 e. The second kappa shape index (κ2) is 12.7. The molecule has 2 fully saturated rings. The summed E-state index contributed by atoms with van der Waals surface area (Å²) in [6.07, 6.45) is 1.67. The molecule has 35 heavy (non-hydrogen) atoms. The predicted octanol–water partition coefficient (Wildman–Crippen LogP) is 3.11. The molecule has 3 aliphatic rings. The first kappa shape index (κ1) is 26.7. The summed E-state index contributed by atoms with van der Waals surface area (Å²) in [6.45, 7) is 5.05. The van der Waals surface area contributed by atoms with E-state index < -0.39 is 0 Å². The average molecular weight is 503 g/mol. The van der Waals surface area contributed by atoms with Crippen molar-refractivity contribution in [2.75, 3.05) is 40.5 Å². The number of fused-ring (bicyclic) bond motifs is 2. The number of hydrogen-bond donors (Lipinski definition) is 1. The lowest BCUT2D eigenvalue weighted by molar-refractivity contribution is -0.144. The van der Waals surface area contributed by atoms with E-state index in [4.69, 9.17) is 19.0 Å². The number of nitrogens with one attached hydrogen (secondary N) is 1. The number of likely N-dealkylation sites (N-methyl/N-ethyl adjacent to an activating group) is 1. The Morgan fingerprint density at radius 1 is 1.17 bits per heavy atom. The van der Waals surface area contributed by atoms with Gasteiger partial charge in [-0.25, -0.2) is 0 Å². The van der Waals surface area contributed by atoms with Crippen molar-refractivity contribution in [1.82, 2.24) is 10.2 Å². The lowest BCUT2D eigenvalue weighted by Gasteiger charge is -2.20. The minimum atomic E-state index is -0.264. The summed E-state index contributed by atoms with van der Waals surface area (Å²) in [5, 5.41) is 2.52. The molecule has 1 amide bonds. The Hall–Kier alpha value is -2.92. The molecular formula is C25H30N2O7S. The maximum atomic E-state index is 11.8. The average Bonchev–Trinajstić information content (AvgIpc) is 3.45. The second-order valence-corrected chi connectivity index (χ2v) is 9.18. The molecule has 2 aromatic carbocycles. The SMILES string of the molecule is CC1CC2(CN1C)OCCO2.COC=O.O=CCNC(=O)c1ccc2c(c1)Sc1ccccc1O2. The van der Waals surface area contributed by atoms with Crippen LogP contribution in [0, 0.1) is 0 Å². The van der Waals surface area contributed by atoms with E-state index in [2.05, 4.69) is 28.9 Å². The highest BCUT2D eigenvalue weighted by atomic mass is 32.2. The van der Waals surface area contributed by atoms with Crippen molar-refractivity contribution < 1.29 is 33.3 Å². The summed E-state index contributed by atoms with van der Waals surface area (Å²) in [5.74, 6) is 1.05. The molecule has 1 N–H and O–H groups in total. The zero-order valence-electron chi connectivity index (χ0n) is 20.0. The Morgan fingerprint density at radius 3 is 2.49 bits per heavy atom. The molecule has 10 heteroatoms. The minimum absolute atomic E-state index is 0.0163. The number of carbonyl (C=O) groups is 3. The molecule has 3 aliphatic heterocycles. The molecule has 0 aliphatic carbocycles. The first-order chi connectivity index (χ1) is 16.9. The van der Waals surface area contributed by atoms with Crippen molar-refractivity contribution in [2.24, 2.45) is 0 Å². The Morgan fingerprint density at radius 2 is 1.86 bits per heavy atom. The summed E-state index contributed by atoms with van der Waals surface area (Å²) in [5.41, 5.74) is 0.515. The van der Waals surface area contributed by atoms with Crippen molar-refractivity contribution in [1.29, 1.82) is 0 Å². The molecule has 1 spiro atoms. The van der Waals surface area contributed by atoms with Gasteiger partial charge in [-0.05, 0) is 44.3 Å². The van der Waals surface area contributed by atoms with Crippen LogP contribution in [0.15, 0.2) is 52.3 Å². The van der Waals surface area contributed by atoms with Gasteiger partial charge in [0, 0.05) is 18.0 Å². The van der Waals surface area contributed by atoms with Gasteiger partial charge in [0.2, 0.25) is 0 Å². The molecule has 0 radical (unpaired) electrons. The van der Waals surface area contributed by atoms with E-state index in [-0.39, 0.29) is 18.2 Å². The van der Waals surface area contributed by atoms with Crippen molar-refractivity contribution >= 4 is 30.4 Å². The lowest BCUT2D eigenvalue weighted by Crippen LogP contribution is -2.32. The molecule has 0 bridgehead atoms. The van der Waals surface area contributed by atoms with Gasteiger partial charge >= 0.3 is 0 Å². The normalized spacial score (nSPS) is 19.0. The van der Waals surface area contributed by atoms with Gasteiger partial charge in [-0.3, -0.25) is 14.5 Å². The highest BCUT2D eigenvalue weighted by molar-refractivity contribution is 7.99. The van der Waals surface area contributed by atoms with Crippen LogP contribution < -0.4 is 10.1 Å². The number of para-hydroxylation sites is 1. The van der Waals surface area contributed by atoms with E-state index in [1.807, 2.05) is 24.3 Å². The van der Waals surface area contributed by atoms with E-state index >= 15 is 0 Å². The Bertz CT molecular complexity index is 1010. The van der Waals surface area contributed by atoms with Crippen LogP contribution in [0.25, 0.3) is 0 Å². The van der Waals surface area contributed by atoms with E-state index in [0.29, 0.717) is 24.4 Å². The standard InChI is InChI=1S/C15H11NO3S.C8H15NO2.C2H4O2/c17-8-7-16-15(18)10-5-6-12-14(9-10)20-13-4-2-1-3-11(13)19-12;1-7-5-8(6-9(7)2)10-3-4-11-8;1-4-2-3/h1-6,8-9H,7H2,(H,16,18);7H,3-6H2,1-2H3;2H,1H3. The summed E-state index contributed by atoms with van der Waals surface area (Å²) in [4.78, 5) is 35.2. The molecule has 2 aromatic rings. The van der Waals surface area contributed by atoms with E-state index in [9.17, 15) is 9.59 Å². The van der Waals surface area contributed by atoms with Gasteiger partial charge < -0.3 is 29.1 Å². The molecule has 1 atom stereocenters. The maximum Gasteiger partial charge on any atom is 0.292 e. The monoisotopic (exact) mass is 502 g/mol. The van der Waals surface area contributed by atoms with Gasteiger partial charge in [0.25, 0.3) is 12.4 Å². The number of amides is 1. The fraction of sp³-hybridized carbons (Fsp3) is 0.400. The van der Waals surface area contributed by atoms with Gasteiger partial charge in [-0.2, -0.15) is 0 Å². The fourth-order valence-corrected chi connectivity index (χ4v) is 4.81. The van der Waals surface area contributed by atoms with Gasteiger partial charge in [0.15, 0.2) is 5.79 Å². The van der Waals surface area contributed by atoms with E-state index in [1.54, 1.807) is 30.0 Å². The summed E-state index contributed by atoms with van der Waals surface area (Å²) < 4.78 is 20.8.